The van der Waals surface area contributed by atoms with Crippen molar-refractivity contribution in [1.29, 1.82) is 0 Å². The van der Waals surface area contributed by atoms with Crippen LogP contribution in [0.2, 0.25) is 0 Å². The van der Waals surface area contributed by atoms with Gasteiger partial charge < -0.3 is 0 Å². The maximum absolute atomic E-state index is 6.05. The van der Waals surface area contributed by atoms with E-state index in [0.717, 1.165) is 22.5 Å². The summed E-state index contributed by atoms with van der Waals surface area (Å²) in [6.07, 6.45) is 3.55. The number of rotatable bonds is 2. The highest BCUT2D eigenvalue weighted by molar-refractivity contribution is 6.17. The molecular weight excluding hydrogens is 282 g/mol. The van der Waals surface area contributed by atoms with Gasteiger partial charge in [0.2, 0.25) is 0 Å². The Labute approximate surface area is 129 Å². The minimum atomic E-state index is 0.148. The van der Waals surface area contributed by atoms with Crippen LogP contribution < -0.4 is 0 Å². The van der Waals surface area contributed by atoms with Crippen LogP contribution in [0, 0.1) is 0 Å². The van der Waals surface area contributed by atoms with Crippen LogP contribution >= 0.6 is 11.6 Å². The third-order valence-corrected chi connectivity index (χ3v) is 3.88. The van der Waals surface area contributed by atoms with Crippen molar-refractivity contribution in [3.63, 3.8) is 0 Å². The number of imidazole rings is 1. The number of aromatic nitrogens is 3. The monoisotopic (exact) mass is 299 g/mol. The van der Waals surface area contributed by atoms with Crippen molar-refractivity contribution < 1.29 is 0 Å². The first-order valence-electron chi connectivity index (χ1n) is 6.99. The molecule has 0 saturated carbocycles. The molecule has 0 N–H and O–H groups in total. The van der Waals surface area contributed by atoms with Crippen LogP contribution in [0.15, 0.2) is 42.7 Å². The maximum atomic E-state index is 6.05. The zero-order valence-corrected chi connectivity index (χ0v) is 13.2. The number of fused-ring (bicyclic) bond motifs is 1. The van der Waals surface area contributed by atoms with Gasteiger partial charge >= 0.3 is 0 Å². The van der Waals surface area contributed by atoms with Crippen LogP contribution in [0.1, 0.15) is 32.2 Å². The van der Waals surface area contributed by atoms with Gasteiger partial charge in [-0.15, -0.1) is 11.6 Å². The Morgan fingerprint density at radius 2 is 1.81 bits per heavy atom. The molecule has 21 heavy (non-hydrogen) atoms. The topological polar surface area (TPSA) is 30.7 Å². The fourth-order valence-electron chi connectivity index (χ4n) is 2.47. The van der Waals surface area contributed by atoms with Gasteiger partial charge in [0.25, 0.3) is 0 Å². The first-order valence-corrected chi connectivity index (χ1v) is 7.52. The lowest BCUT2D eigenvalue weighted by molar-refractivity contribution is 0.590. The highest BCUT2D eigenvalue weighted by Gasteiger charge is 2.15. The highest BCUT2D eigenvalue weighted by atomic mass is 35.5. The van der Waals surface area contributed by atoms with Crippen LogP contribution in [0.4, 0.5) is 0 Å². The molecule has 0 aliphatic carbocycles. The van der Waals surface area contributed by atoms with Gasteiger partial charge in [-0.1, -0.05) is 32.9 Å². The highest BCUT2D eigenvalue weighted by Crippen LogP contribution is 2.26. The van der Waals surface area contributed by atoms with Crippen molar-refractivity contribution >= 4 is 22.6 Å². The predicted molar refractivity (Wildman–Crippen MR) is 87.1 cm³/mol. The van der Waals surface area contributed by atoms with E-state index in [-0.39, 0.29) is 5.41 Å². The second kappa shape index (κ2) is 5.15. The molecule has 1 aromatic carbocycles. The summed E-state index contributed by atoms with van der Waals surface area (Å²) in [4.78, 5) is 8.67. The molecule has 108 valence electrons. The summed E-state index contributed by atoms with van der Waals surface area (Å²) in [5, 5.41) is 0. The largest absolute Gasteiger partial charge is 0.295 e. The van der Waals surface area contributed by atoms with Gasteiger partial charge in [-0.2, -0.15) is 0 Å². The molecule has 3 aromatic rings. The van der Waals surface area contributed by atoms with Gasteiger partial charge in [-0.3, -0.25) is 9.55 Å². The summed E-state index contributed by atoms with van der Waals surface area (Å²) in [6.45, 7) is 6.64. The molecule has 0 atom stereocenters. The molecule has 0 unspecified atom stereocenters. The number of halogens is 1. The molecule has 0 amide bonds. The van der Waals surface area contributed by atoms with E-state index >= 15 is 0 Å². The average Bonchev–Trinajstić information content (AvgIpc) is 2.85. The normalized spacial score (nSPS) is 12.0. The number of hydrogen-bond donors (Lipinski definition) is 0. The summed E-state index contributed by atoms with van der Waals surface area (Å²) in [6, 6.07) is 10.5. The number of alkyl halides is 1. The third kappa shape index (κ3) is 2.54. The van der Waals surface area contributed by atoms with Gasteiger partial charge in [-0.25, -0.2) is 4.98 Å². The van der Waals surface area contributed by atoms with Gasteiger partial charge in [0, 0.05) is 11.9 Å². The smallest absolute Gasteiger partial charge is 0.129 e. The van der Waals surface area contributed by atoms with Crippen LogP contribution in [0.3, 0.4) is 0 Å². The Hall–Kier alpha value is -1.87. The van der Waals surface area contributed by atoms with Crippen molar-refractivity contribution in [3.8, 4) is 5.69 Å². The quantitative estimate of drug-likeness (QED) is 0.654. The third-order valence-electron chi connectivity index (χ3n) is 3.64. The summed E-state index contributed by atoms with van der Waals surface area (Å²) >= 11 is 6.05. The van der Waals surface area contributed by atoms with E-state index in [9.17, 15) is 0 Å². The molecule has 0 aliphatic rings. The first kappa shape index (κ1) is 14.1. The molecule has 2 aromatic heterocycles. The second-order valence-corrected chi connectivity index (χ2v) is 6.43. The Balaban J connectivity index is 2.16. The minimum Gasteiger partial charge on any atom is -0.295 e. The lowest BCUT2D eigenvalue weighted by Gasteiger charge is -2.19. The standard InChI is InChI=1S/C17H18ClN3/c1-17(2,3)12-4-6-13(7-5-12)21-15-8-9-19-11-14(15)20-16(21)10-18/h4-9,11H,10H2,1-3H3. The van der Waals surface area contributed by atoms with Gasteiger partial charge in [-0.05, 0) is 29.2 Å². The Bertz CT molecular complexity index is 767. The van der Waals surface area contributed by atoms with E-state index in [1.54, 1.807) is 12.4 Å². The van der Waals surface area contributed by atoms with E-state index in [1.165, 1.54) is 5.56 Å². The first-order chi connectivity index (χ1) is 10.0. The Morgan fingerprint density at radius 1 is 1.10 bits per heavy atom. The lowest BCUT2D eigenvalue weighted by Crippen LogP contribution is -2.11. The van der Waals surface area contributed by atoms with E-state index < -0.39 is 0 Å². The molecule has 0 saturated heterocycles. The van der Waals surface area contributed by atoms with Crippen LogP contribution in [0.25, 0.3) is 16.7 Å². The van der Waals surface area contributed by atoms with Crippen molar-refractivity contribution in [3.05, 3.63) is 54.1 Å². The van der Waals surface area contributed by atoms with E-state index in [0.29, 0.717) is 5.88 Å². The fourth-order valence-corrected chi connectivity index (χ4v) is 2.65. The van der Waals surface area contributed by atoms with Crippen molar-refractivity contribution in [1.82, 2.24) is 14.5 Å². The minimum absolute atomic E-state index is 0.148. The zero-order valence-electron chi connectivity index (χ0n) is 12.5. The van der Waals surface area contributed by atoms with Gasteiger partial charge in [0.15, 0.2) is 0 Å². The molecule has 3 rings (SSSR count). The van der Waals surface area contributed by atoms with Crippen LogP contribution in [-0.4, -0.2) is 14.5 Å². The van der Waals surface area contributed by atoms with Crippen LogP contribution in [0.5, 0.6) is 0 Å². The van der Waals surface area contributed by atoms with Crippen molar-refractivity contribution in [2.45, 2.75) is 32.1 Å². The maximum Gasteiger partial charge on any atom is 0.129 e. The van der Waals surface area contributed by atoms with Crippen LogP contribution in [-0.2, 0) is 11.3 Å². The Morgan fingerprint density at radius 3 is 2.43 bits per heavy atom. The number of pyridine rings is 1. The summed E-state index contributed by atoms with van der Waals surface area (Å²) in [7, 11) is 0. The fraction of sp³-hybridized carbons (Fsp3) is 0.294. The molecule has 0 spiro atoms. The Kier molecular flexibility index (Phi) is 3.46. The molecule has 4 heteroatoms. The predicted octanol–water partition coefficient (Wildman–Crippen LogP) is 4.46. The SMILES string of the molecule is CC(C)(C)c1ccc(-n2c(CCl)nc3cnccc32)cc1. The lowest BCUT2D eigenvalue weighted by atomic mass is 9.87. The molecule has 0 fully saturated rings. The molecule has 0 aliphatic heterocycles. The van der Waals surface area contributed by atoms with E-state index in [2.05, 4.69) is 59.6 Å². The van der Waals surface area contributed by atoms with Gasteiger partial charge in [0.05, 0.1) is 17.6 Å². The summed E-state index contributed by atoms with van der Waals surface area (Å²) in [5.74, 6) is 1.21. The molecule has 2 heterocycles. The second-order valence-electron chi connectivity index (χ2n) is 6.16. The summed E-state index contributed by atoms with van der Waals surface area (Å²) < 4.78 is 2.09. The van der Waals surface area contributed by atoms with E-state index in [1.807, 2.05) is 6.07 Å². The van der Waals surface area contributed by atoms with E-state index in [4.69, 9.17) is 11.6 Å². The summed E-state index contributed by atoms with van der Waals surface area (Å²) in [5.41, 5.74) is 4.43. The number of nitrogens with zero attached hydrogens (tertiary/aromatic N) is 3. The van der Waals surface area contributed by atoms with Crippen molar-refractivity contribution in [2.75, 3.05) is 0 Å². The number of benzene rings is 1. The van der Waals surface area contributed by atoms with Gasteiger partial charge in [0.1, 0.15) is 11.3 Å². The molecular formula is C17H18ClN3. The molecule has 3 nitrogen and oxygen atoms in total. The number of hydrogen-bond acceptors (Lipinski definition) is 2. The average molecular weight is 300 g/mol. The molecule has 0 bridgehead atoms. The zero-order chi connectivity index (χ0) is 15.0. The molecule has 0 radical (unpaired) electrons. The van der Waals surface area contributed by atoms with Crippen molar-refractivity contribution in [2.24, 2.45) is 0 Å².